The Morgan fingerprint density at radius 1 is 1.05 bits per heavy atom. The van der Waals surface area contributed by atoms with Crippen LogP contribution in [0.4, 0.5) is 33.2 Å². The summed E-state index contributed by atoms with van der Waals surface area (Å²) in [6, 6.07) is 10.2. The van der Waals surface area contributed by atoms with Crippen LogP contribution in [0.2, 0.25) is 10.0 Å². The summed E-state index contributed by atoms with van der Waals surface area (Å²) in [7, 11) is 0. The second kappa shape index (κ2) is 10.6. The van der Waals surface area contributed by atoms with Crippen LogP contribution in [0, 0.1) is 5.82 Å². The molecule has 2 aromatic heterocycles. The largest absolute Gasteiger partial charge is 0.356 e. The van der Waals surface area contributed by atoms with Crippen LogP contribution in [-0.2, 0) is 0 Å². The Labute approximate surface area is 224 Å². The number of benzene rings is 2. The fourth-order valence-electron chi connectivity index (χ4n) is 3.86. The van der Waals surface area contributed by atoms with Gasteiger partial charge in [0.15, 0.2) is 0 Å². The molecule has 3 N–H and O–H groups in total. The molecular weight excluding hydrogens is 512 g/mol. The first-order valence-corrected chi connectivity index (χ1v) is 12.4. The van der Waals surface area contributed by atoms with Crippen molar-refractivity contribution < 1.29 is 4.39 Å². The monoisotopic (exact) mass is 535 g/mol. The molecular formula is C27H24Cl2FN7. The number of allylic oxidation sites excluding steroid dienone is 1. The summed E-state index contributed by atoms with van der Waals surface area (Å²) in [6.45, 7) is 7.53. The molecule has 2 heterocycles. The minimum atomic E-state index is -0.454. The van der Waals surface area contributed by atoms with E-state index >= 15 is 0 Å². The smallest absolute Gasteiger partial charge is 0.229 e. The lowest BCUT2D eigenvalue weighted by atomic mass is 9.93. The van der Waals surface area contributed by atoms with Crippen molar-refractivity contribution in [2.45, 2.75) is 25.3 Å². The maximum absolute atomic E-state index is 14.8. The molecule has 1 aliphatic carbocycles. The number of anilines is 5. The van der Waals surface area contributed by atoms with Gasteiger partial charge in [-0.25, -0.2) is 9.37 Å². The molecule has 37 heavy (non-hydrogen) atoms. The molecule has 10 heteroatoms. The SMILES string of the molecule is C=CC(=C)Nc1ccc(F)c(Nc2nc(Nc3cnn(C4CCC4)c3)ncc2-c2ccc(Cl)c(Cl)c2)c1. The zero-order valence-electron chi connectivity index (χ0n) is 19.8. The van der Waals surface area contributed by atoms with Gasteiger partial charge < -0.3 is 16.0 Å². The van der Waals surface area contributed by atoms with Crippen LogP contribution >= 0.6 is 23.2 Å². The maximum atomic E-state index is 14.8. The summed E-state index contributed by atoms with van der Waals surface area (Å²) >= 11 is 12.4. The molecule has 0 unspecified atom stereocenters. The first kappa shape index (κ1) is 24.8. The van der Waals surface area contributed by atoms with Crippen molar-refractivity contribution in [1.29, 1.82) is 0 Å². The summed E-state index contributed by atoms with van der Waals surface area (Å²) in [5, 5.41) is 14.6. The van der Waals surface area contributed by atoms with Crippen LogP contribution in [0.3, 0.4) is 0 Å². The quantitative estimate of drug-likeness (QED) is 0.188. The Bertz CT molecular complexity index is 1480. The number of rotatable bonds is 9. The number of hydrogen-bond donors (Lipinski definition) is 3. The molecule has 2 aromatic carbocycles. The predicted octanol–water partition coefficient (Wildman–Crippen LogP) is 8.11. The van der Waals surface area contributed by atoms with Gasteiger partial charge in [0, 0.05) is 29.3 Å². The normalized spacial score (nSPS) is 13.1. The van der Waals surface area contributed by atoms with Gasteiger partial charge in [0.2, 0.25) is 5.95 Å². The van der Waals surface area contributed by atoms with Crippen molar-refractivity contribution in [3.05, 3.63) is 95.8 Å². The van der Waals surface area contributed by atoms with Crippen molar-refractivity contribution in [2.75, 3.05) is 16.0 Å². The Kier molecular flexibility index (Phi) is 7.12. The highest BCUT2D eigenvalue weighted by atomic mass is 35.5. The third-order valence-corrected chi connectivity index (χ3v) is 6.84. The zero-order valence-corrected chi connectivity index (χ0v) is 21.3. The van der Waals surface area contributed by atoms with Crippen LogP contribution in [-0.4, -0.2) is 19.7 Å². The van der Waals surface area contributed by atoms with E-state index in [0.29, 0.717) is 44.8 Å². The highest BCUT2D eigenvalue weighted by Gasteiger charge is 2.20. The van der Waals surface area contributed by atoms with Crippen molar-refractivity contribution >= 4 is 52.0 Å². The second-order valence-electron chi connectivity index (χ2n) is 8.68. The minimum Gasteiger partial charge on any atom is -0.356 e. The van der Waals surface area contributed by atoms with E-state index in [4.69, 9.17) is 23.2 Å². The summed E-state index contributed by atoms with van der Waals surface area (Å²) in [5.74, 6) is 0.250. The highest BCUT2D eigenvalue weighted by Crippen LogP contribution is 2.35. The first-order chi connectivity index (χ1) is 17.9. The topological polar surface area (TPSA) is 79.7 Å². The van der Waals surface area contributed by atoms with Gasteiger partial charge >= 0.3 is 0 Å². The molecule has 188 valence electrons. The number of nitrogens with one attached hydrogen (secondary N) is 3. The van der Waals surface area contributed by atoms with Gasteiger partial charge in [-0.1, -0.05) is 42.4 Å². The van der Waals surface area contributed by atoms with E-state index < -0.39 is 5.82 Å². The van der Waals surface area contributed by atoms with Crippen LogP contribution < -0.4 is 16.0 Å². The van der Waals surface area contributed by atoms with E-state index in [0.717, 1.165) is 24.1 Å². The summed E-state index contributed by atoms with van der Waals surface area (Å²) in [4.78, 5) is 9.14. The van der Waals surface area contributed by atoms with E-state index in [-0.39, 0.29) is 5.69 Å². The molecule has 1 fully saturated rings. The van der Waals surface area contributed by atoms with Gasteiger partial charge in [-0.2, -0.15) is 10.1 Å². The third-order valence-electron chi connectivity index (χ3n) is 6.10. The Hall–Kier alpha value is -3.88. The van der Waals surface area contributed by atoms with E-state index in [9.17, 15) is 4.39 Å². The average Bonchev–Trinajstić information content (AvgIpc) is 3.29. The third kappa shape index (κ3) is 5.60. The summed E-state index contributed by atoms with van der Waals surface area (Å²) in [6.07, 6.45) is 10.4. The zero-order chi connectivity index (χ0) is 25.9. The minimum absolute atomic E-state index is 0.214. The Morgan fingerprint density at radius 3 is 2.62 bits per heavy atom. The standard InChI is InChI=1S/C27H24Cl2FN7/c1-3-16(2)33-18-8-10-24(30)25(12-18)35-26-21(17-7-9-22(28)23(29)11-17)14-31-27(36-26)34-19-13-32-37(15-19)20-5-4-6-20/h3,7-15,20,33H,1-2,4-6H2,(H2,31,34,35,36). The molecule has 0 amide bonds. The van der Waals surface area contributed by atoms with Crippen LogP contribution in [0.25, 0.3) is 11.1 Å². The van der Waals surface area contributed by atoms with Gasteiger partial charge in [0.1, 0.15) is 11.6 Å². The molecule has 0 bridgehead atoms. The van der Waals surface area contributed by atoms with E-state index in [1.807, 2.05) is 10.9 Å². The number of aromatic nitrogens is 4. The molecule has 0 saturated heterocycles. The summed E-state index contributed by atoms with van der Waals surface area (Å²) in [5.41, 5.74) is 3.54. The molecule has 5 rings (SSSR count). The van der Waals surface area contributed by atoms with Gasteiger partial charge in [0.05, 0.1) is 33.7 Å². The second-order valence-corrected chi connectivity index (χ2v) is 9.49. The van der Waals surface area contributed by atoms with Gasteiger partial charge in [0.25, 0.3) is 0 Å². The van der Waals surface area contributed by atoms with Gasteiger partial charge in [-0.05, 0) is 61.2 Å². The van der Waals surface area contributed by atoms with Crippen LogP contribution in [0.5, 0.6) is 0 Å². The fourth-order valence-corrected chi connectivity index (χ4v) is 4.16. The fraction of sp³-hybridized carbons (Fsp3) is 0.148. The molecule has 7 nitrogen and oxygen atoms in total. The molecule has 0 atom stereocenters. The van der Waals surface area contributed by atoms with E-state index in [1.165, 1.54) is 12.5 Å². The van der Waals surface area contributed by atoms with E-state index in [1.54, 1.807) is 48.8 Å². The first-order valence-electron chi connectivity index (χ1n) is 11.7. The Balaban J connectivity index is 1.50. The molecule has 0 radical (unpaired) electrons. The van der Waals surface area contributed by atoms with Crippen molar-refractivity contribution in [3.63, 3.8) is 0 Å². The lowest BCUT2D eigenvalue weighted by molar-refractivity contribution is 0.289. The van der Waals surface area contributed by atoms with Crippen molar-refractivity contribution in [2.24, 2.45) is 0 Å². The molecule has 4 aromatic rings. The average molecular weight is 536 g/mol. The lowest BCUT2D eigenvalue weighted by Crippen LogP contribution is -2.17. The van der Waals surface area contributed by atoms with Gasteiger partial charge in [-0.3, -0.25) is 4.68 Å². The highest BCUT2D eigenvalue weighted by molar-refractivity contribution is 6.42. The van der Waals surface area contributed by atoms with E-state index in [2.05, 4.69) is 44.2 Å². The van der Waals surface area contributed by atoms with Crippen LogP contribution in [0.15, 0.2) is 79.9 Å². The number of halogens is 3. The molecule has 0 aliphatic heterocycles. The predicted molar refractivity (Wildman–Crippen MR) is 149 cm³/mol. The van der Waals surface area contributed by atoms with Gasteiger partial charge in [-0.15, -0.1) is 0 Å². The molecule has 0 spiro atoms. The van der Waals surface area contributed by atoms with Crippen LogP contribution in [0.1, 0.15) is 25.3 Å². The number of hydrogen-bond acceptors (Lipinski definition) is 6. The van der Waals surface area contributed by atoms with Crippen molar-refractivity contribution in [1.82, 2.24) is 19.7 Å². The Morgan fingerprint density at radius 2 is 1.89 bits per heavy atom. The summed E-state index contributed by atoms with van der Waals surface area (Å²) < 4.78 is 16.8. The maximum Gasteiger partial charge on any atom is 0.229 e. The molecule has 1 saturated carbocycles. The lowest BCUT2D eigenvalue weighted by Gasteiger charge is -2.25. The molecule has 1 aliphatic rings. The number of nitrogens with zero attached hydrogens (tertiary/aromatic N) is 4. The van der Waals surface area contributed by atoms with Crippen molar-refractivity contribution in [3.8, 4) is 11.1 Å².